The highest BCUT2D eigenvalue weighted by Gasteiger charge is 2.32. The van der Waals surface area contributed by atoms with Crippen LogP contribution in [0.2, 0.25) is 0 Å². The number of amides is 2. The summed E-state index contributed by atoms with van der Waals surface area (Å²) in [6, 6.07) is 3.63. The molecule has 0 spiro atoms. The number of hydrogen-bond donors (Lipinski definition) is 3. The van der Waals surface area contributed by atoms with E-state index in [4.69, 9.17) is 10.5 Å². The number of nitrogens with one attached hydrogen (secondary N) is 2. The average Bonchev–Trinajstić information content (AvgIpc) is 3.25. The van der Waals surface area contributed by atoms with Crippen molar-refractivity contribution in [3.05, 3.63) is 65.5 Å². The molecule has 1 aromatic carbocycles. The number of rotatable bonds is 6. The maximum absolute atomic E-state index is 15.2. The number of carbonyl (C=O) groups is 1. The molecule has 0 radical (unpaired) electrons. The fraction of sp³-hybridized carbons (Fsp3) is 0.280. The third-order valence-corrected chi connectivity index (χ3v) is 6.42. The Morgan fingerprint density at radius 2 is 1.85 bits per heavy atom. The summed E-state index contributed by atoms with van der Waals surface area (Å²) in [6.45, 7) is 2.01. The van der Waals surface area contributed by atoms with Gasteiger partial charge in [0, 0.05) is 31.4 Å². The van der Waals surface area contributed by atoms with Gasteiger partial charge in [0.25, 0.3) is 6.43 Å². The normalized spacial score (nSPS) is 14.5. The van der Waals surface area contributed by atoms with E-state index in [0.29, 0.717) is 32.4 Å². The lowest BCUT2D eigenvalue weighted by molar-refractivity contribution is -0.137. The number of nitrogen functional groups attached to an aromatic ring is 1. The topological polar surface area (TPSA) is 123 Å². The number of halogens is 6. The molecule has 0 unspecified atom stereocenters. The number of nitrogens with two attached hydrogens (primary N) is 1. The first-order valence-corrected chi connectivity index (χ1v) is 12.2. The molecule has 10 nitrogen and oxygen atoms in total. The highest BCUT2D eigenvalue weighted by atomic mass is 19.4. The molecular weight excluding hydrogens is 558 g/mol. The number of aromatic nitrogens is 4. The number of nitrogens with zero attached hydrogens (tertiary/aromatic N) is 5. The number of morpholine rings is 1. The molecule has 0 atom stereocenters. The molecule has 4 N–H and O–H groups in total. The lowest BCUT2D eigenvalue weighted by Gasteiger charge is -2.26. The van der Waals surface area contributed by atoms with E-state index in [-0.39, 0.29) is 40.4 Å². The minimum atomic E-state index is -4.66. The van der Waals surface area contributed by atoms with Crippen LogP contribution in [-0.2, 0) is 17.5 Å². The quantitative estimate of drug-likeness (QED) is 0.276. The van der Waals surface area contributed by atoms with Crippen LogP contribution in [0.5, 0.6) is 0 Å². The van der Waals surface area contributed by atoms with E-state index in [9.17, 15) is 26.7 Å². The van der Waals surface area contributed by atoms with Crippen molar-refractivity contribution in [2.45, 2.75) is 19.1 Å². The van der Waals surface area contributed by atoms with Gasteiger partial charge in [0.2, 0.25) is 0 Å². The summed E-state index contributed by atoms with van der Waals surface area (Å²) in [5, 5.41) is 8.41. The van der Waals surface area contributed by atoms with Crippen LogP contribution in [0.15, 0.2) is 42.9 Å². The number of alkyl halides is 5. The van der Waals surface area contributed by atoms with Gasteiger partial charge < -0.3 is 15.8 Å². The number of urea groups is 1. The van der Waals surface area contributed by atoms with Crippen molar-refractivity contribution in [3.8, 4) is 11.1 Å². The molecule has 0 bridgehead atoms. The van der Waals surface area contributed by atoms with Gasteiger partial charge in [0.05, 0.1) is 35.7 Å². The fourth-order valence-electron chi connectivity index (χ4n) is 4.56. The van der Waals surface area contributed by atoms with Crippen molar-refractivity contribution >= 4 is 28.9 Å². The minimum absolute atomic E-state index is 0.0236. The highest BCUT2D eigenvalue weighted by molar-refractivity contribution is 5.99. The van der Waals surface area contributed by atoms with Gasteiger partial charge in [-0.05, 0) is 29.8 Å². The maximum atomic E-state index is 15.2. The van der Waals surface area contributed by atoms with Crippen LogP contribution in [0.1, 0.15) is 23.2 Å². The lowest BCUT2D eigenvalue weighted by Crippen LogP contribution is -2.36. The predicted molar refractivity (Wildman–Crippen MR) is 136 cm³/mol. The van der Waals surface area contributed by atoms with Gasteiger partial charge in [-0.3, -0.25) is 10.2 Å². The zero-order valence-electron chi connectivity index (χ0n) is 21.1. The zero-order chi connectivity index (χ0) is 29.3. The molecule has 1 fully saturated rings. The van der Waals surface area contributed by atoms with Crippen LogP contribution < -0.4 is 16.4 Å². The van der Waals surface area contributed by atoms with E-state index < -0.39 is 41.4 Å². The summed E-state index contributed by atoms with van der Waals surface area (Å²) in [4.78, 5) is 21.8. The molecular formula is C25H22F6N8O2. The van der Waals surface area contributed by atoms with Gasteiger partial charge >= 0.3 is 12.2 Å². The van der Waals surface area contributed by atoms with E-state index in [1.807, 2.05) is 4.90 Å². The standard InChI is InChI=1S/C25H22F6N8O2/c26-15-9-13(1-2-16(15)36-24(40)37-18-10-14(3-4-33-18)25(29,30)31)19-20(22(27)28)17(11-38-5-7-41-8-6-38)39-21(19)23(32)34-12-35-39/h1-4,9-10,12,22H,5-8,11H2,(H2,32,34,35)(H2,33,36,37,40). The van der Waals surface area contributed by atoms with E-state index in [0.717, 1.165) is 30.7 Å². The van der Waals surface area contributed by atoms with E-state index >= 15 is 4.39 Å². The monoisotopic (exact) mass is 580 g/mol. The molecule has 1 aliphatic heterocycles. The molecule has 4 heterocycles. The van der Waals surface area contributed by atoms with Crippen LogP contribution in [0, 0.1) is 5.82 Å². The van der Waals surface area contributed by atoms with Gasteiger partial charge in [0.1, 0.15) is 23.5 Å². The van der Waals surface area contributed by atoms with Crippen molar-refractivity contribution in [1.82, 2.24) is 24.5 Å². The number of hydrogen-bond acceptors (Lipinski definition) is 7. The Kier molecular flexibility index (Phi) is 7.68. The Labute approximate surface area is 228 Å². The average molecular weight is 580 g/mol. The highest BCUT2D eigenvalue weighted by Crippen LogP contribution is 2.41. The Morgan fingerprint density at radius 3 is 2.54 bits per heavy atom. The number of carbonyl (C=O) groups excluding carboxylic acids is 1. The van der Waals surface area contributed by atoms with Crippen LogP contribution in [0.25, 0.3) is 16.6 Å². The largest absolute Gasteiger partial charge is 0.416 e. The summed E-state index contributed by atoms with van der Waals surface area (Å²) in [5.41, 5.74) is 4.47. The Bertz CT molecular complexity index is 1590. The molecule has 1 saturated heterocycles. The second-order valence-corrected chi connectivity index (χ2v) is 9.03. The lowest BCUT2D eigenvalue weighted by atomic mass is 10.00. The van der Waals surface area contributed by atoms with Gasteiger partial charge in [-0.2, -0.15) is 18.3 Å². The van der Waals surface area contributed by atoms with Gasteiger partial charge in [-0.1, -0.05) is 6.07 Å². The van der Waals surface area contributed by atoms with Crippen molar-refractivity contribution in [1.29, 1.82) is 0 Å². The Hall–Kier alpha value is -4.44. The maximum Gasteiger partial charge on any atom is 0.416 e. The van der Waals surface area contributed by atoms with Crippen LogP contribution in [0.3, 0.4) is 0 Å². The number of anilines is 3. The molecule has 16 heteroatoms. The van der Waals surface area contributed by atoms with Crippen LogP contribution in [0.4, 0.5) is 48.5 Å². The number of ether oxygens (including phenoxy) is 1. The summed E-state index contributed by atoms with van der Waals surface area (Å²) < 4.78 is 89.7. The molecule has 4 aromatic rings. The van der Waals surface area contributed by atoms with Crippen molar-refractivity contribution in [3.63, 3.8) is 0 Å². The number of pyridine rings is 1. The second kappa shape index (κ2) is 11.2. The van der Waals surface area contributed by atoms with Gasteiger partial charge in [0.15, 0.2) is 5.82 Å². The third kappa shape index (κ3) is 5.88. The van der Waals surface area contributed by atoms with Gasteiger partial charge in [-0.15, -0.1) is 0 Å². The number of fused-ring (bicyclic) bond motifs is 1. The second-order valence-electron chi connectivity index (χ2n) is 9.03. The molecule has 41 heavy (non-hydrogen) atoms. The summed E-state index contributed by atoms with van der Waals surface area (Å²) >= 11 is 0. The Morgan fingerprint density at radius 1 is 1.10 bits per heavy atom. The van der Waals surface area contributed by atoms with Crippen LogP contribution >= 0.6 is 0 Å². The van der Waals surface area contributed by atoms with Crippen molar-refractivity contribution < 1.29 is 35.9 Å². The van der Waals surface area contributed by atoms with E-state index in [1.165, 1.54) is 10.6 Å². The van der Waals surface area contributed by atoms with Crippen molar-refractivity contribution in [2.24, 2.45) is 0 Å². The molecule has 2 amide bonds. The molecule has 216 valence electrons. The fourth-order valence-corrected chi connectivity index (χ4v) is 4.56. The first-order valence-electron chi connectivity index (χ1n) is 12.2. The molecule has 0 saturated carbocycles. The first kappa shape index (κ1) is 28.1. The van der Waals surface area contributed by atoms with Gasteiger partial charge in [-0.25, -0.2) is 32.4 Å². The summed E-state index contributed by atoms with van der Waals surface area (Å²) in [6.07, 6.45) is -5.64. The first-order chi connectivity index (χ1) is 19.5. The smallest absolute Gasteiger partial charge is 0.382 e. The third-order valence-electron chi connectivity index (χ3n) is 6.42. The SMILES string of the molecule is Nc1ncnn2c(CN3CCOCC3)c(C(F)F)c(-c3ccc(NC(=O)Nc4cc(C(F)(F)F)ccn4)c(F)c3)c12. The zero-order valence-corrected chi connectivity index (χ0v) is 21.1. The molecule has 5 rings (SSSR count). The van der Waals surface area contributed by atoms with E-state index in [1.54, 1.807) is 0 Å². The minimum Gasteiger partial charge on any atom is -0.382 e. The molecule has 3 aromatic heterocycles. The predicted octanol–water partition coefficient (Wildman–Crippen LogP) is 4.95. The Balaban J connectivity index is 1.47. The summed E-state index contributed by atoms with van der Waals surface area (Å²) in [7, 11) is 0. The molecule has 0 aliphatic carbocycles. The number of benzene rings is 1. The van der Waals surface area contributed by atoms with Crippen LogP contribution in [-0.4, -0.2) is 56.8 Å². The summed E-state index contributed by atoms with van der Waals surface area (Å²) in [5.74, 6) is -1.51. The molecule has 1 aliphatic rings. The van der Waals surface area contributed by atoms with E-state index in [2.05, 4.69) is 25.7 Å². The van der Waals surface area contributed by atoms with Crippen molar-refractivity contribution in [2.75, 3.05) is 42.7 Å².